The molecule has 1 fully saturated rings. The summed E-state index contributed by atoms with van der Waals surface area (Å²) in [5, 5.41) is 0.960. The number of benzene rings is 1. The minimum absolute atomic E-state index is 0.411. The zero-order valence-electron chi connectivity index (χ0n) is 12.1. The van der Waals surface area contributed by atoms with Crippen molar-refractivity contribution in [1.29, 1.82) is 0 Å². The zero-order chi connectivity index (χ0) is 14.5. The Kier molecular flexibility index (Phi) is 4.72. The van der Waals surface area contributed by atoms with Crippen LogP contribution in [0.2, 0.25) is 0 Å². The van der Waals surface area contributed by atoms with Crippen LogP contribution in [0.25, 0.3) is 0 Å². The van der Waals surface area contributed by atoms with Crippen LogP contribution in [-0.2, 0) is 10.5 Å². The molecule has 0 spiro atoms. The van der Waals surface area contributed by atoms with Gasteiger partial charge in [-0.2, -0.15) is 0 Å². The van der Waals surface area contributed by atoms with Gasteiger partial charge in [0.05, 0.1) is 25.0 Å². The molecule has 1 aromatic carbocycles. The van der Waals surface area contributed by atoms with Crippen LogP contribution in [-0.4, -0.2) is 36.3 Å². The van der Waals surface area contributed by atoms with E-state index in [9.17, 15) is 0 Å². The molecule has 0 aliphatic carbocycles. The minimum atomic E-state index is 0.411. The molecule has 1 saturated heterocycles. The van der Waals surface area contributed by atoms with Crippen LogP contribution in [0.4, 0.5) is 5.82 Å². The molecule has 0 saturated carbocycles. The smallest absolute Gasteiger partial charge is 0.148 e. The van der Waals surface area contributed by atoms with Crippen LogP contribution in [0.3, 0.4) is 0 Å². The minimum Gasteiger partial charge on any atom is -0.379 e. The number of nitrogens with zero attached hydrogens (tertiary/aromatic N) is 3. The van der Waals surface area contributed by atoms with E-state index in [2.05, 4.69) is 41.2 Å². The van der Waals surface area contributed by atoms with Crippen molar-refractivity contribution < 1.29 is 4.74 Å². The van der Waals surface area contributed by atoms with Gasteiger partial charge in [-0.1, -0.05) is 30.3 Å². The van der Waals surface area contributed by atoms with Gasteiger partial charge < -0.3 is 9.64 Å². The van der Waals surface area contributed by atoms with Crippen molar-refractivity contribution in [2.45, 2.75) is 23.2 Å². The Hall–Kier alpha value is -1.59. The van der Waals surface area contributed by atoms with Gasteiger partial charge in [0.2, 0.25) is 0 Å². The number of hydrogen-bond donors (Lipinski definition) is 0. The monoisotopic (exact) mass is 301 g/mol. The van der Waals surface area contributed by atoms with Crippen molar-refractivity contribution in [3.63, 3.8) is 0 Å². The first kappa shape index (κ1) is 14.4. The lowest BCUT2D eigenvalue weighted by atomic mass is 10.2. The Balaban J connectivity index is 1.65. The Bertz CT molecular complexity index is 573. The number of ether oxygens (including phenoxy) is 1. The molecule has 2 aromatic rings. The molecular formula is C16H19N3OS. The molecule has 1 atom stereocenters. The maximum Gasteiger partial charge on any atom is 0.148 e. The highest BCUT2D eigenvalue weighted by atomic mass is 32.2. The summed E-state index contributed by atoms with van der Waals surface area (Å²) >= 11 is 1.72. The standard InChI is InChI=1S/C16H19N3OS/c1-19(14-7-8-20-11-14)15-9-17-10-16(18-15)21-12-13-5-3-2-4-6-13/h2-6,9-10,14H,7-8,11-12H2,1H3. The van der Waals surface area contributed by atoms with Crippen LogP contribution in [0.1, 0.15) is 12.0 Å². The maximum absolute atomic E-state index is 5.44. The summed E-state index contributed by atoms with van der Waals surface area (Å²) in [4.78, 5) is 11.2. The highest BCUT2D eigenvalue weighted by Crippen LogP contribution is 2.23. The van der Waals surface area contributed by atoms with E-state index in [4.69, 9.17) is 9.72 Å². The molecule has 3 rings (SSSR count). The lowest BCUT2D eigenvalue weighted by Gasteiger charge is -2.24. The SMILES string of the molecule is CN(c1cncc(SCc2ccccc2)n1)C1CCOC1. The van der Waals surface area contributed by atoms with Gasteiger partial charge in [-0.25, -0.2) is 4.98 Å². The van der Waals surface area contributed by atoms with Crippen LogP contribution >= 0.6 is 11.8 Å². The topological polar surface area (TPSA) is 38.2 Å². The van der Waals surface area contributed by atoms with Gasteiger partial charge in [-0.05, 0) is 12.0 Å². The molecule has 1 aromatic heterocycles. The first-order chi connectivity index (χ1) is 10.3. The zero-order valence-corrected chi connectivity index (χ0v) is 12.9. The molecule has 2 heterocycles. The Morgan fingerprint density at radius 1 is 1.29 bits per heavy atom. The third kappa shape index (κ3) is 3.74. The highest BCUT2D eigenvalue weighted by Gasteiger charge is 2.21. The van der Waals surface area contributed by atoms with Gasteiger partial charge in [0.15, 0.2) is 0 Å². The molecule has 0 radical (unpaired) electrons. The molecule has 4 nitrogen and oxygen atoms in total. The summed E-state index contributed by atoms with van der Waals surface area (Å²) in [5.41, 5.74) is 1.30. The lowest BCUT2D eigenvalue weighted by molar-refractivity contribution is 0.193. The molecule has 21 heavy (non-hydrogen) atoms. The predicted octanol–water partition coefficient (Wildman–Crippen LogP) is 2.99. The first-order valence-electron chi connectivity index (χ1n) is 7.12. The second kappa shape index (κ2) is 6.91. The fraction of sp³-hybridized carbons (Fsp3) is 0.375. The second-order valence-corrected chi connectivity index (χ2v) is 6.11. The number of rotatable bonds is 5. The molecular weight excluding hydrogens is 282 g/mol. The summed E-state index contributed by atoms with van der Waals surface area (Å²) in [5.74, 6) is 1.83. The van der Waals surface area contributed by atoms with E-state index in [1.54, 1.807) is 11.8 Å². The summed E-state index contributed by atoms with van der Waals surface area (Å²) in [7, 11) is 2.06. The maximum atomic E-state index is 5.44. The third-order valence-corrected chi connectivity index (χ3v) is 4.61. The molecule has 0 N–H and O–H groups in total. The van der Waals surface area contributed by atoms with Gasteiger partial charge >= 0.3 is 0 Å². The van der Waals surface area contributed by atoms with E-state index < -0.39 is 0 Å². The number of likely N-dealkylation sites (N-methyl/N-ethyl adjacent to an activating group) is 1. The quantitative estimate of drug-likeness (QED) is 0.794. The Labute approximate surface area is 129 Å². The van der Waals surface area contributed by atoms with Gasteiger partial charge in [0, 0.05) is 19.4 Å². The van der Waals surface area contributed by atoms with Crippen molar-refractivity contribution in [2.24, 2.45) is 0 Å². The Morgan fingerprint density at radius 3 is 2.90 bits per heavy atom. The molecule has 0 bridgehead atoms. The Morgan fingerprint density at radius 2 is 2.14 bits per heavy atom. The summed E-state index contributed by atoms with van der Waals surface area (Å²) in [6.45, 7) is 1.62. The predicted molar refractivity (Wildman–Crippen MR) is 85.7 cm³/mol. The van der Waals surface area contributed by atoms with Crippen LogP contribution in [0.15, 0.2) is 47.8 Å². The van der Waals surface area contributed by atoms with Crippen LogP contribution in [0, 0.1) is 0 Å². The normalized spacial score (nSPS) is 17.9. The largest absolute Gasteiger partial charge is 0.379 e. The van der Waals surface area contributed by atoms with Crippen molar-refractivity contribution in [1.82, 2.24) is 9.97 Å². The number of hydrogen-bond acceptors (Lipinski definition) is 5. The summed E-state index contributed by atoms with van der Waals surface area (Å²) in [6.07, 6.45) is 4.71. The van der Waals surface area contributed by atoms with Gasteiger partial charge in [-0.15, -0.1) is 11.8 Å². The van der Waals surface area contributed by atoms with Crippen LogP contribution in [0.5, 0.6) is 0 Å². The van der Waals surface area contributed by atoms with E-state index in [0.717, 1.165) is 36.2 Å². The average Bonchev–Trinajstić information content (AvgIpc) is 3.08. The molecule has 1 aliphatic heterocycles. The molecule has 1 unspecified atom stereocenters. The van der Waals surface area contributed by atoms with Crippen molar-refractivity contribution >= 4 is 17.6 Å². The molecule has 0 amide bonds. The van der Waals surface area contributed by atoms with Gasteiger partial charge in [0.1, 0.15) is 10.8 Å². The summed E-state index contributed by atoms with van der Waals surface area (Å²) in [6, 6.07) is 10.8. The average molecular weight is 301 g/mol. The lowest BCUT2D eigenvalue weighted by Crippen LogP contribution is -2.32. The number of thioether (sulfide) groups is 1. The fourth-order valence-corrected chi connectivity index (χ4v) is 3.12. The highest BCUT2D eigenvalue weighted by molar-refractivity contribution is 7.98. The van der Waals surface area contributed by atoms with E-state index >= 15 is 0 Å². The van der Waals surface area contributed by atoms with Crippen molar-refractivity contribution in [3.05, 3.63) is 48.3 Å². The van der Waals surface area contributed by atoms with Gasteiger partial charge in [0.25, 0.3) is 0 Å². The molecule has 1 aliphatic rings. The van der Waals surface area contributed by atoms with E-state index in [0.29, 0.717) is 6.04 Å². The van der Waals surface area contributed by atoms with Crippen molar-refractivity contribution in [3.8, 4) is 0 Å². The second-order valence-electron chi connectivity index (χ2n) is 5.12. The number of aromatic nitrogens is 2. The number of anilines is 1. The first-order valence-corrected chi connectivity index (χ1v) is 8.11. The van der Waals surface area contributed by atoms with E-state index in [-0.39, 0.29) is 0 Å². The van der Waals surface area contributed by atoms with Crippen LogP contribution < -0.4 is 4.90 Å². The van der Waals surface area contributed by atoms with E-state index in [1.807, 2.05) is 18.5 Å². The van der Waals surface area contributed by atoms with Crippen molar-refractivity contribution in [2.75, 3.05) is 25.2 Å². The summed E-state index contributed by atoms with van der Waals surface area (Å²) < 4.78 is 5.44. The molecule has 5 heteroatoms. The molecule has 110 valence electrons. The van der Waals surface area contributed by atoms with E-state index in [1.165, 1.54) is 5.56 Å². The fourth-order valence-electron chi connectivity index (χ4n) is 2.32. The third-order valence-electron chi connectivity index (χ3n) is 3.64. The van der Waals surface area contributed by atoms with Gasteiger partial charge in [-0.3, -0.25) is 4.98 Å².